The summed E-state index contributed by atoms with van der Waals surface area (Å²) in [7, 11) is 1.64. The second-order valence-electron chi connectivity index (χ2n) is 6.65. The van der Waals surface area contributed by atoms with Gasteiger partial charge in [0, 0.05) is 19.6 Å². The van der Waals surface area contributed by atoms with Gasteiger partial charge in [0.2, 0.25) is 5.91 Å². The molecule has 0 saturated carbocycles. The zero-order valence-electron chi connectivity index (χ0n) is 15.2. The van der Waals surface area contributed by atoms with Crippen molar-refractivity contribution in [1.82, 2.24) is 25.3 Å². The second-order valence-corrected chi connectivity index (χ2v) is 6.65. The monoisotopic (exact) mass is 366 g/mol. The highest BCUT2D eigenvalue weighted by Crippen LogP contribution is 2.25. The Bertz CT molecular complexity index is 923. The molecule has 0 spiro atoms. The molecule has 27 heavy (non-hydrogen) atoms. The fourth-order valence-electron chi connectivity index (χ4n) is 3.45. The molecule has 1 saturated heterocycles. The lowest BCUT2D eigenvalue weighted by Gasteiger charge is -2.32. The number of amides is 1. The molecule has 3 aromatic rings. The molecule has 4 rings (SSSR count). The molecule has 1 aliphatic heterocycles. The van der Waals surface area contributed by atoms with Crippen LogP contribution in [-0.2, 0) is 11.3 Å². The van der Waals surface area contributed by atoms with Gasteiger partial charge in [-0.3, -0.25) is 4.79 Å². The summed E-state index contributed by atoms with van der Waals surface area (Å²) in [6, 6.07) is 7.72. The number of carbonyl (C=O) groups excluding carboxylic acids is 1. The molecular weight excluding hydrogens is 344 g/mol. The molecule has 3 heterocycles. The predicted octanol–water partition coefficient (Wildman–Crippen LogP) is 1.89. The number of aromatic amines is 1. The van der Waals surface area contributed by atoms with Crippen LogP contribution in [0.25, 0.3) is 11.2 Å². The number of methoxy groups -OCH3 is 1. The largest absolute Gasteiger partial charge is 0.497 e. The molecule has 0 radical (unpaired) electrons. The lowest BCUT2D eigenvalue weighted by molar-refractivity contribution is -0.125. The number of piperidine rings is 1. The molecule has 0 bridgehead atoms. The molecular formula is C19H22N6O2. The molecule has 0 unspecified atom stereocenters. The second kappa shape index (κ2) is 7.61. The standard InChI is InChI=1S/C19H22N6O2/c1-27-15-6-4-13(5-7-15)9-20-19(26)14-3-2-8-25(10-14)18-16-17(22-11-21-16)23-12-24-18/h4-7,11-12,14H,2-3,8-10H2,1H3,(H,20,26)(H,21,22,23,24)/t14-/m0/s1. The molecule has 1 atom stereocenters. The summed E-state index contributed by atoms with van der Waals surface area (Å²) in [5.74, 6) is 1.63. The summed E-state index contributed by atoms with van der Waals surface area (Å²) >= 11 is 0. The minimum Gasteiger partial charge on any atom is -0.497 e. The van der Waals surface area contributed by atoms with Gasteiger partial charge in [0.1, 0.15) is 17.6 Å². The van der Waals surface area contributed by atoms with E-state index < -0.39 is 0 Å². The first kappa shape index (κ1) is 17.3. The molecule has 1 aromatic carbocycles. The Morgan fingerprint density at radius 2 is 2.15 bits per heavy atom. The van der Waals surface area contributed by atoms with Gasteiger partial charge < -0.3 is 19.9 Å². The third-order valence-electron chi connectivity index (χ3n) is 4.92. The third-order valence-corrected chi connectivity index (χ3v) is 4.92. The normalized spacial score (nSPS) is 17.1. The SMILES string of the molecule is COc1ccc(CNC(=O)[C@H]2CCCN(c3ncnc4nc[nH]c34)C2)cc1. The highest BCUT2D eigenvalue weighted by molar-refractivity contribution is 5.84. The number of nitrogens with one attached hydrogen (secondary N) is 2. The van der Waals surface area contributed by atoms with Crippen molar-refractivity contribution in [3.8, 4) is 5.75 Å². The van der Waals surface area contributed by atoms with Crippen LogP contribution in [-0.4, -0.2) is 46.0 Å². The molecule has 1 fully saturated rings. The van der Waals surface area contributed by atoms with E-state index in [9.17, 15) is 4.79 Å². The van der Waals surface area contributed by atoms with Gasteiger partial charge in [0.15, 0.2) is 11.5 Å². The topological polar surface area (TPSA) is 96.0 Å². The first-order valence-electron chi connectivity index (χ1n) is 9.04. The number of imidazole rings is 1. The van der Waals surface area contributed by atoms with Crippen LogP contribution in [0.4, 0.5) is 5.82 Å². The first-order valence-corrected chi connectivity index (χ1v) is 9.04. The van der Waals surface area contributed by atoms with E-state index in [0.29, 0.717) is 18.7 Å². The van der Waals surface area contributed by atoms with Gasteiger partial charge in [0.05, 0.1) is 19.4 Å². The average molecular weight is 366 g/mol. The highest BCUT2D eigenvalue weighted by Gasteiger charge is 2.27. The number of fused-ring (bicyclic) bond motifs is 1. The molecule has 0 aliphatic carbocycles. The summed E-state index contributed by atoms with van der Waals surface area (Å²) in [6.45, 7) is 2.02. The van der Waals surface area contributed by atoms with E-state index in [1.54, 1.807) is 13.4 Å². The first-order chi connectivity index (χ1) is 13.2. The number of hydrogen-bond acceptors (Lipinski definition) is 6. The number of nitrogens with zero attached hydrogens (tertiary/aromatic N) is 4. The van der Waals surface area contributed by atoms with Crippen molar-refractivity contribution in [3.05, 3.63) is 42.5 Å². The fourth-order valence-corrected chi connectivity index (χ4v) is 3.45. The predicted molar refractivity (Wildman–Crippen MR) is 101 cm³/mol. The maximum Gasteiger partial charge on any atom is 0.225 e. The fraction of sp³-hybridized carbons (Fsp3) is 0.368. The Balaban J connectivity index is 1.40. The highest BCUT2D eigenvalue weighted by atomic mass is 16.5. The lowest BCUT2D eigenvalue weighted by atomic mass is 9.97. The van der Waals surface area contributed by atoms with Crippen molar-refractivity contribution in [3.63, 3.8) is 0 Å². The Hall–Kier alpha value is -3.16. The smallest absolute Gasteiger partial charge is 0.225 e. The van der Waals surface area contributed by atoms with Crippen LogP contribution in [0.3, 0.4) is 0 Å². The Morgan fingerprint density at radius 3 is 2.96 bits per heavy atom. The van der Waals surface area contributed by atoms with Crippen molar-refractivity contribution in [2.45, 2.75) is 19.4 Å². The zero-order valence-corrected chi connectivity index (χ0v) is 15.2. The van der Waals surface area contributed by atoms with Crippen LogP contribution in [0.2, 0.25) is 0 Å². The van der Waals surface area contributed by atoms with Crippen molar-refractivity contribution in [1.29, 1.82) is 0 Å². The Morgan fingerprint density at radius 1 is 1.30 bits per heavy atom. The molecule has 1 amide bonds. The van der Waals surface area contributed by atoms with E-state index >= 15 is 0 Å². The number of anilines is 1. The number of carbonyl (C=O) groups is 1. The van der Waals surface area contributed by atoms with E-state index in [-0.39, 0.29) is 11.8 Å². The average Bonchev–Trinajstić information content (AvgIpc) is 3.21. The van der Waals surface area contributed by atoms with Crippen molar-refractivity contribution >= 4 is 22.9 Å². The van der Waals surface area contributed by atoms with E-state index in [4.69, 9.17) is 4.74 Å². The number of benzene rings is 1. The van der Waals surface area contributed by atoms with Crippen LogP contribution in [0.5, 0.6) is 5.75 Å². The van der Waals surface area contributed by atoms with Gasteiger partial charge in [-0.1, -0.05) is 12.1 Å². The van der Waals surface area contributed by atoms with Crippen LogP contribution < -0.4 is 15.0 Å². The van der Waals surface area contributed by atoms with E-state index in [0.717, 1.165) is 42.0 Å². The molecule has 8 heteroatoms. The third kappa shape index (κ3) is 3.69. The number of rotatable bonds is 5. The number of hydrogen-bond donors (Lipinski definition) is 2. The summed E-state index contributed by atoms with van der Waals surface area (Å²) in [6.07, 6.45) is 4.96. The Labute approximate surface area is 157 Å². The Kier molecular flexibility index (Phi) is 4.86. The minimum absolute atomic E-state index is 0.0649. The van der Waals surface area contributed by atoms with Gasteiger partial charge in [-0.15, -0.1) is 0 Å². The van der Waals surface area contributed by atoms with Crippen LogP contribution in [0, 0.1) is 5.92 Å². The van der Waals surface area contributed by atoms with Crippen LogP contribution in [0.15, 0.2) is 36.9 Å². The minimum atomic E-state index is -0.0649. The summed E-state index contributed by atoms with van der Waals surface area (Å²) in [5.41, 5.74) is 2.51. The summed E-state index contributed by atoms with van der Waals surface area (Å²) in [5, 5.41) is 3.05. The van der Waals surface area contributed by atoms with Gasteiger partial charge >= 0.3 is 0 Å². The molecule has 2 N–H and O–H groups in total. The van der Waals surface area contributed by atoms with Crippen LogP contribution in [0.1, 0.15) is 18.4 Å². The van der Waals surface area contributed by atoms with Gasteiger partial charge in [-0.05, 0) is 30.5 Å². The van der Waals surface area contributed by atoms with Crippen LogP contribution >= 0.6 is 0 Å². The lowest BCUT2D eigenvalue weighted by Crippen LogP contribution is -2.43. The number of ether oxygens (including phenoxy) is 1. The maximum atomic E-state index is 12.7. The van der Waals surface area contributed by atoms with Gasteiger partial charge in [0.25, 0.3) is 0 Å². The maximum absolute atomic E-state index is 12.7. The number of aromatic nitrogens is 4. The van der Waals surface area contributed by atoms with Gasteiger partial charge in [-0.2, -0.15) is 0 Å². The van der Waals surface area contributed by atoms with Crippen molar-refractivity contribution in [2.75, 3.05) is 25.1 Å². The molecule has 1 aliphatic rings. The number of H-pyrrole nitrogens is 1. The molecule has 2 aromatic heterocycles. The van der Waals surface area contributed by atoms with E-state index in [2.05, 4.69) is 30.2 Å². The summed E-state index contributed by atoms with van der Waals surface area (Å²) < 4.78 is 5.16. The van der Waals surface area contributed by atoms with Gasteiger partial charge in [-0.25, -0.2) is 15.0 Å². The quantitative estimate of drug-likeness (QED) is 0.716. The zero-order chi connectivity index (χ0) is 18.6. The van der Waals surface area contributed by atoms with E-state index in [1.165, 1.54) is 6.33 Å². The molecule has 140 valence electrons. The summed E-state index contributed by atoms with van der Waals surface area (Å²) in [4.78, 5) is 30.7. The van der Waals surface area contributed by atoms with Crippen molar-refractivity contribution < 1.29 is 9.53 Å². The molecule has 8 nitrogen and oxygen atoms in total. The van der Waals surface area contributed by atoms with E-state index in [1.807, 2.05) is 24.3 Å². The van der Waals surface area contributed by atoms with Crippen molar-refractivity contribution in [2.24, 2.45) is 5.92 Å².